The Kier molecular flexibility index (Phi) is 5.97. The molecule has 1 unspecified atom stereocenters. The lowest BCUT2D eigenvalue weighted by atomic mass is 9.90. The number of nitrogens with zero attached hydrogens (tertiary/aromatic N) is 1. The molecule has 0 saturated heterocycles. The highest BCUT2D eigenvalue weighted by molar-refractivity contribution is 5.82. The number of rotatable bonds is 6. The van der Waals surface area contributed by atoms with Crippen molar-refractivity contribution in [3.05, 3.63) is 0 Å². The topological polar surface area (TPSA) is 57.6 Å². The molecule has 1 amide bonds. The third-order valence-corrected chi connectivity index (χ3v) is 2.47. The second-order valence-electron chi connectivity index (χ2n) is 4.23. The molecule has 0 rings (SSSR count). The average molecular weight is 215 g/mol. The van der Waals surface area contributed by atoms with E-state index in [0.717, 1.165) is 12.8 Å². The molecular formula is C11H21NO3. The molecule has 15 heavy (non-hydrogen) atoms. The van der Waals surface area contributed by atoms with Crippen LogP contribution in [0.25, 0.3) is 0 Å². The smallest absolute Gasteiger partial charge is 0.323 e. The first kappa shape index (κ1) is 13.9. The lowest BCUT2D eigenvalue weighted by Gasteiger charge is -2.24. The molecule has 1 atom stereocenters. The minimum atomic E-state index is -0.968. The summed E-state index contributed by atoms with van der Waals surface area (Å²) in [5, 5.41) is 8.59. The maximum Gasteiger partial charge on any atom is 0.323 e. The van der Waals surface area contributed by atoms with Gasteiger partial charge in [0.2, 0.25) is 5.91 Å². The molecule has 0 aromatic heterocycles. The molecule has 0 radical (unpaired) electrons. The van der Waals surface area contributed by atoms with Crippen molar-refractivity contribution in [3.63, 3.8) is 0 Å². The van der Waals surface area contributed by atoms with Gasteiger partial charge < -0.3 is 10.0 Å². The molecule has 0 aromatic carbocycles. The minimum absolute atomic E-state index is 0.0562. The van der Waals surface area contributed by atoms with E-state index in [2.05, 4.69) is 0 Å². The Labute approximate surface area is 91.3 Å². The maximum absolute atomic E-state index is 11.9. The predicted octanol–water partition coefficient (Wildman–Crippen LogP) is 1.60. The summed E-state index contributed by atoms with van der Waals surface area (Å²) >= 11 is 0. The van der Waals surface area contributed by atoms with Gasteiger partial charge in [-0.3, -0.25) is 9.59 Å². The maximum atomic E-state index is 11.9. The highest BCUT2D eigenvalue weighted by Crippen LogP contribution is 2.19. The normalized spacial score (nSPS) is 12.6. The second-order valence-corrected chi connectivity index (χ2v) is 4.23. The van der Waals surface area contributed by atoms with Gasteiger partial charge in [0.05, 0.1) is 0 Å². The van der Waals surface area contributed by atoms with Gasteiger partial charge in [-0.15, -0.1) is 0 Å². The fraction of sp³-hybridized carbons (Fsp3) is 0.818. The third-order valence-electron chi connectivity index (χ3n) is 2.47. The molecule has 0 spiro atoms. The van der Waals surface area contributed by atoms with Crippen molar-refractivity contribution >= 4 is 11.9 Å². The summed E-state index contributed by atoms with van der Waals surface area (Å²) < 4.78 is 0. The molecule has 0 saturated carbocycles. The number of carboxylic acids is 1. The zero-order chi connectivity index (χ0) is 12.0. The number of carboxylic acid groups (broad SMARTS) is 1. The van der Waals surface area contributed by atoms with Gasteiger partial charge in [0, 0.05) is 13.0 Å². The largest absolute Gasteiger partial charge is 0.480 e. The van der Waals surface area contributed by atoms with Gasteiger partial charge in [0.15, 0.2) is 0 Å². The molecular weight excluding hydrogens is 194 g/mol. The average Bonchev–Trinajstić information content (AvgIpc) is 2.11. The molecule has 0 aliphatic carbocycles. The summed E-state index contributed by atoms with van der Waals surface area (Å²) in [4.78, 5) is 23.6. The number of aliphatic carboxylic acids is 1. The second kappa shape index (κ2) is 6.43. The SMILES string of the molecule is CCCC(C(=O)N(C)CC(=O)O)C(C)C. The molecule has 0 bridgehead atoms. The molecule has 0 heterocycles. The van der Waals surface area contributed by atoms with Crippen molar-refractivity contribution in [1.29, 1.82) is 0 Å². The van der Waals surface area contributed by atoms with Gasteiger partial charge in [0.1, 0.15) is 6.54 Å². The zero-order valence-corrected chi connectivity index (χ0v) is 9.99. The first-order valence-electron chi connectivity index (χ1n) is 5.36. The monoisotopic (exact) mass is 215 g/mol. The van der Waals surface area contributed by atoms with Crippen molar-refractivity contribution < 1.29 is 14.7 Å². The molecule has 4 heteroatoms. The van der Waals surface area contributed by atoms with Gasteiger partial charge in [-0.25, -0.2) is 0 Å². The zero-order valence-electron chi connectivity index (χ0n) is 9.99. The van der Waals surface area contributed by atoms with Crippen molar-refractivity contribution in [2.45, 2.75) is 33.6 Å². The molecule has 0 aliphatic heterocycles. The Balaban J connectivity index is 4.41. The van der Waals surface area contributed by atoms with Crippen LogP contribution in [-0.4, -0.2) is 35.5 Å². The van der Waals surface area contributed by atoms with Crippen LogP contribution >= 0.6 is 0 Å². The van der Waals surface area contributed by atoms with E-state index >= 15 is 0 Å². The van der Waals surface area contributed by atoms with Gasteiger partial charge in [-0.1, -0.05) is 27.2 Å². The van der Waals surface area contributed by atoms with E-state index in [-0.39, 0.29) is 24.3 Å². The fourth-order valence-electron chi connectivity index (χ4n) is 1.62. The van der Waals surface area contributed by atoms with Crippen LogP contribution in [0.15, 0.2) is 0 Å². The summed E-state index contributed by atoms with van der Waals surface area (Å²) in [5.74, 6) is -0.827. The van der Waals surface area contributed by atoms with Gasteiger partial charge >= 0.3 is 5.97 Å². The lowest BCUT2D eigenvalue weighted by Crippen LogP contribution is -2.38. The van der Waals surface area contributed by atoms with Gasteiger partial charge in [0.25, 0.3) is 0 Å². The molecule has 88 valence electrons. The molecule has 4 nitrogen and oxygen atoms in total. The van der Waals surface area contributed by atoms with Crippen LogP contribution in [0.1, 0.15) is 33.6 Å². The number of hydrogen-bond acceptors (Lipinski definition) is 2. The van der Waals surface area contributed by atoms with Crippen molar-refractivity contribution in [2.75, 3.05) is 13.6 Å². The fourth-order valence-corrected chi connectivity index (χ4v) is 1.62. The van der Waals surface area contributed by atoms with E-state index in [1.165, 1.54) is 4.90 Å². The number of carbonyl (C=O) groups excluding carboxylic acids is 1. The standard InChI is InChI=1S/C11H21NO3/c1-5-6-9(8(2)3)11(15)12(4)7-10(13)14/h8-9H,5-7H2,1-4H3,(H,13,14). The molecule has 1 N–H and O–H groups in total. The number of carbonyl (C=O) groups is 2. The quantitative estimate of drug-likeness (QED) is 0.732. The van der Waals surface area contributed by atoms with Crippen LogP contribution in [0.2, 0.25) is 0 Å². The summed E-state index contributed by atoms with van der Waals surface area (Å²) in [6, 6.07) is 0. The van der Waals surface area contributed by atoms with Gasteiger partial charge in [-0.2, -0.15) is 0 Å². The Bertz CT molecular complexity index is 226. The first-order valence-corrected chi connectivity index (χ1v) is 5.36. The van der Waals surface area contributed by atoms with Crippen LogP contribution in [-0.2, 0) is 9.59 Å². The number of amides is 1. The lowest BCUT2D eigenvalue weighted by molar-refractivity contribution is -0.146. The van der Waals surface area contributed by atoms with E-state index in [1.807, 2.05) is 20.8 Å². The molecule has 0 aromatic rings. The van der Waals surface area contributed by atoms with Crippen LogP contribution in [0, 0.1) is 11.8 Å². The summed E-state index contributed by atoms with van der Waals surface area (Å²) in [5.41, 5.74) is 0. The van der Waals surface area contributed by atoms with E-state index in [9.17, 15) is 9.59 Å². The van der Waals surface area contributed by atoms with Crippen LogP contribution in [0.4, 0.5) is 0 Å². The predicted molar refractivity (Wildman–Crippen MR) is 58.5 cm³/mol. The number of likely N-dealkylation sites (N-methyl/N-ethyl adjacent to an activating group) is 1. The Hall–Kier alpha value is -1.06. The first-order chi connectivity index (χ1) is 6.90. The Morgan fingerprint density at radius 1 is 1.33 bits per heavy atom. The van der Waals surface area contributed by atoms with Crippen molar-refractivity contribution in [2.24, 2.45) is 11.8 Å². The Morgan fingerprint density at radius 2 is 1.87 bits per heavy atom. The Morgan fingerprint density at radius 3 is 2.20 bits per heavy atom. The summed E-state index contributed by atoms with van der Waals surface area (Å²) in [6.07, 6.45) is 1.76. The highest BCUT2D eigenvalue weighted by atomic mass is 16.4. The van der Waals surface area contributed by atoms with E-state index in [1.54, 1.807) is 7.05 Å². The molecule has 0 fully saturated rings. The minimum Gasteiger partial charge on any atom is -0.480 e. The summed E-state index contributed by atoms with van der Waals surface area (Å²) in [6.45, 7) is 5.80. The number of hydrogen-bond donors (Lipinski definition) is 1. The third kappa shape index (κ3) is 4.81. The molecule has 0 aliphatic rings. The van der Waals surface area contributed by atoms with Crippen LogP contribution in [0.3, 0.4) is 0 Å². The van der Waals surface area contributed by atoms with E-state index < -0.39 is 5.97 Å². The van der Waals surface area contributed by atoms with Crippen molar-refractivity contribution in [3.8, 4) is 0 Å². The van der Waals surface area contributed by atoms with Crippen LogP contribution < -0.4 is 0 Å². The van der Waals surface area contributed by atoms with E-state index in [4.69, 9.17) is 5.11 Å². The van der Waals surface area contributed by atoms with Gasteiger partial charge in [-0.05, 0) is 12.3 Å². The summed E-state index contributed by atoms with van der Waals surface area (Å²) in [7, 11) is 1.54. The van der Waals surface area contributed by atoms with Crippen LogP contribution in [0.5, 0.6) is 0 Å². The van der Waals surface area contributed by atoms with E-state index in [0.29, 0.717) is 0 Å². The van der Waals surface area contributed by atoms with Crippen molar-refractivity contribution in [1.82, 2.24) is 4.90 Å². The highest BCUT2D eigenvalue weighted by Gasteiger charge is 2.25.